The maximum Gasteiger partial charge on any atom is 0.253 e. The van der Waals surface area contributed by atoms with Crippen molar-refractivity contribution < 1.29 is 13.9 Å². The molecule has 1 aliphatic rings. The number of likely N-dealkylation sites (tertiary alicyclic amines) is 1. The summed E-state index contributed by atoms with van der Waals surface area (Å²) in [5, 5.41) is 0. The molecule has 19 heavy (non-hydrogen) atoms. The van der Waals surface area contributed by atoms with Gasteiger partial charge in [-0.05, 0) is 37.0 Å². The number of hydrogen-bond donors (Lipinski definition) is 0. The van der Waals surface area contributed by atoms with E-state index in [1.54, 1.807) is 11.0 Å². The highest BCUT2D eigenvalue weighted by atomic mass is 35.5. The van der Waals surface area contributed by atoms with Gasteiger partial charge >= 0.3 is 0 Å². The van der Waals surface area contributed by atoms with E-state index in [9.17, 15) is 9.18 Å². The molecule has 1 saturated heterocycles. The van der Waals surface area contributed by atoms with Gasteiger partial charge in [0, 0.05) is 24.5 Å². The molecule has 0 saturated carbocycles. The second-order valence-electron chi connectivity index (χ2n) is 4.76. The molecule has 1 fully saturated rings. The fourth-order valence-corrected chi connectivity index (χ4v) is 2.61. The number of carbonyl (C=O) groups excluding carboxylic acids is 1. The first-order valence-electron chi connectivity index (χ1n) is 6.34. The fraction of sp³-hybridized carbons (Fsp3) is 0.500. The molecule has 1 heterocycles. The lowest BCUT2D eigenvalue weighted by atomic mass is 9.99. The van der Waals surface area contributed by atoms with Gasteiger partial charge in [-0.3, -0.25) is 4.79 Å². The number of amides is 1. The molecular formula is C14H17ClFNO2. The maximum absolute atomic E-state index is 13.6. The van der Waals surface area contributed by atoms with Crippen LogP contribution in [0.3, 0.4) is 0 Å². The summed E-state index contributed by atoms with van der Waals surface area (Å²) in [5.74, 6) is 0.382. The average Bonchev–Trinajstić information content (AvgIpc) is 2.46. The first-order chi connectivity index (χ1) is 9.15. The van der Waals surface area contributed by atoms with Gasteiger partial charge in [-0.2, -0.15) is 0 Å². The van der Waals surface area contributed by atoms with E-state index in [-0.39, 0.29) is 11.7 Å². The fourth-order valence-electron chi connectivity index (χ4n) is 2.36. The van der Waals surface area contributed by atoms with Gasteiger partial charge in [0.2, 0.25) is 0 Å². The molecule has 2 rings (SSSR count). The van der Waals surface area contributed by atoms with Gasteiger partial charge in [0.05, 0.1) is 7.11 Å². The van der Waals surface area contributed by atoms with E-state index in [0.29, 0.717) is 30.5 Å². The van der Waals surface area contributed by atoms with E-state index < -0.39 is 5.82 Å². The molecule has 3 nitrogen and oxygen atoms in total. The van der Waals surface area contributed by atoms with Crippen molar-refractivity contribution in [2.24, 2.45) is 5.92 Å². The Morgan fingerprint density at radius 1 is 1.58 bits per heavy atom. The molecule has 0 aliphatic carbocycles. The molecule has 1 aromatic carbocycles. The summed E-state index contributed by atoms with van der Waals surface area (Å²) in [6.45, 7) is 1.36. The van der Waals surface area contributed by atoms with Crippen LogP contribution < -0.4 is 4.74 Å². The number of ether oxygens (including phenoxy) is 1. The molecule has 104 valence electrons. The molecule has 0 aromatic heterocycles. The summed E-state index contributed by atoms with van der Waals surface area (Å²) >= 11 is 5.85. The number of nitrogens with zero attached hydrogens (tertiary/aromatic N) is 1. The number of hydrogen-bond acceptors (Lipinski definition) is 2. The Morgan fingerprint density at radius 2 is 2.37 bits per heavy atom. The second-order valence-corrected chi connectivity index (χ2v) is 5.07. The standard InChI is InChI=1S/C14H17ClFNO2/c1-19-13-5-4-11(7-12(13)16)14(18)17-6-2-3-10(8-15)9-17/h4-5,7,10H,2-3,6,8-9H2,1H3. The third kappa shape index (κ3) is 3.18. The van der Waals surface area contributed by atoms with Crippen molar-refractivity contribution in [3.63, 3.8) is 0 Å². The quantitative estimate of drug-likeness (QED) is 0.799. The Labute approximate surface area is 117 Å². The molecule has 1 amide bonds. The van der Waals surface area contributed by atoms with E-state index >= 15 is 0 Å². The van der Waals surface area contributed by atoms with Gasteiger partial charge in [0.1, 0.15) is 0 Å². The van der Waals surface area contributed by atoms with Gasteiger partial charge in [-0.15, -0.1) is 11.6 Å². The third-order valence-corrected chi connectivity index (χ3v) is 3.86. The highest BCUT2D eigenvalue weighted by molar-refractivity contribution is 6.18. The number of piperidine rings is 1. The zero-order valence-corrected chi connectivity index (χ0v) is 11.6. The van der Waals surface area contributed by atoms with Crippen LogP contribution >= 0.6 is 11.6 Å². The molecule has 1 aromatic rings. The van der Waals surface area contributed by atoms with Crippen molar-refractivity contribution in [2.45, 2.75) is 12.8 Å². The number of methoxy groups -OCH3 is 1. The average molecular weight is 286 g/mol. The summed E-state index contributed by atoms with van der Waals surface area (Å²) in [6, 6.07) is 4.30. The van der Waals surface area contributed by atoms with Crippen LogP contribution in [0.25, 0.3) is 0 Å². The molecule has 0 N–H and O–H groups in total. The molecule has 0 spiro atoms. The summed E-state index contributed by atoms with van der Waals surface area (Å²) in [4.78, 5) is 14.0. The summed E-state index contributed by atoms with van der Waals surface area (Å²) < 4.78 is 18.4. The van der Waals surface area contributed by atoms with Crippen LogP contribution in [0.2, 0.25) is 0 Å². The second kappa shape index (κ2) is 6.24. The van der Waals surface area contributed by atoms with Crippen LogP contribution in [-0.4, -0.2) is 36.9 Å². The van der Waals surface area contributed by atoms with E-state index in [1.807, 2.05) is 0 Å². The topological polar surface area (TPSA) is 29.5 Å². The minimum atomic E-state index is -0.515. The number of halogens is 2. The molecule has 0 radical (unpaired) electrons. The lowest BCUT2D eigenvalue weighted by Gasteiger charge is -2.31. The normalized spacial score (nSPS) is 19.3. The van der Waals surface area contributed by atoms with Crippen LogP contribution in [0.4, 0.5) is 4.39 Å². The lowest BCUT2D eigenvalue weighted by molar-refractivity contribution is 0.0684. The first-order valence-corrected chi connectivity index (χ1v) is 6.88. The molecular weight excluding hydrogens is 269 g/mol. The smallest absolute Gasteiger partial charge is 0.253 e. The van der Waals surface area contributed by atoms with Crippen LogP contribution in [0, 0.1) is 11.7 Å². The van der Waals surface area contributed by atoms with Crippen LogP contribution in [0.15, 0.2) is 18.2 Å². The maximum atomic E-state index is 13.6. The summed E-state index contributed by atoms with van der Waals surface area (Å²) in [6.07, 6.45) is 1.99. The minimum absolute atomic E-state index is 0.142. The lowest BCUT2D eigenvalue weighted by Crippen LogP contribution is -2.40. The SMILES string of the molecule is COc1ccc(C(=O)N2CCCC(CCl)C2)cc1F. The van der Waals surface area contributed by atoms with Crippen molar-refractivity contribution in [1.82, 2.24) is 4.90 Å². The predicted octanol–water partition coefficient (Wildman–Crippen LogP) is 2.93. The third-order valence-electron chi connectivity index (χ3n) is 3.42. The predicted molar refractivity (Wildman–Crippen MR) is 72.3 cm³/mol. The van der Waals surface area contributed by atoms with E-state index in [4.69, 9.17) is 16.3 Å². The van der Waals surface area contributed by atoms with Gasteiger partial charge in [0.15, 0.2) is 11.6 Å². The Hall–Kier alpha value is -1.29. The zero-order valence-electron chi connectivity index (χ0n) is 10.9. The van der Waals surface area contributed by atoms with Crippen LogP contribution in [0.5, 0.6) is 5.75 Å². The molecule has 1 atom stereocenters. The monoisotopic (exact) mass is 285 g/mol. The Bertz CT molecular complexity index is 467. The van der Waals surface area contributed by atoms with Gasteiger partial charge in [0.25, 0.3) is 5.91 Å². The van der Waals surface area contributed by atoms with Crippen molar-refractivity contribution in [2.75, 3.05) is 26.1 Å². The Balaban J connectivity index is 2.12. The number of benzene rings is 1. The largest absolute Gasteiger partial charge is 0.494 e. The summed E-state index contributed by atoms with van der Waals surface area (Å²) in [5.41, 5.74) is 0.355. The van der Waals surface area contributed by atoms with E-state index in [1.165, 1.54) is 19.2 Å². The van der Waals surface area contributed by atoms with Gasteiger partial charge in [-0.25, -0.2) is 4.39 Å². The minimum Gasteiger partial charge on any atom is -0.494 e. The molecule has 1 unspecified atom stereocenters. The van der Waals surface area contributed by atoms with E-state index in [0.717, 1.165) is 12.8 Å². The molecule has 5 heteroatoms. The van der Waals surface area contributed by atoms with Crippen LogP contribution in [0.1, 0.15) is 23.2 Å². The number of alkyl halides is 1. The van der Waals surface area contributed by atoms with Crippen molar-refractivity contribution in [3.8, 4) is 5.75 Å². The number of carbonyl (C=O) groups is 1. The van der Waals surface area contributed by atoms with Gasteiger partial charge < -0.3 is 9.64 Å². The van der Waals surface area contributed by atoms with Crippen LogP contribution in [-0.2, 0) is 0 Å². The Morgan fingerprint density at radius 3 is 3.00 bits per heavy atom. The Kier molecular flexibility index (Phi) is 4.64. The molecule has 0 bridgehead atoms. The van der Waals surface area contributed by atoms with Gasteiger partial charge in [-0.1, -0.05) is 0 Å². The highest BCUT2D eigenvalue weighted by Crippen LogP contribution is 2.22. The number of rotatable bonds is 3. The first kappa shape index (κ1) is 14.1. The van der Waals surface area contributed by atoms with Crippen molar-refractivity contribution in [3.05, 3.63) is 29.6 Å². The summed E-state index contributed by atoms with van der Waals surface area (Å²) in [7, 11) is 1.40. The highest BCUT2D eigenvalue weighted by Gasteiger charge is 2.24. The van der Waals surface area contributed by atoms with Crippen molar-refractivity contribution in [1.29, 1.82) is 0 Å². The van der Waals surface area contributed by atoms with Crippen molar-refractivity contribution >= 4 is 17.5 Å². The zero-order chi connectivity index (χ0) is 13.8. The van der Waals surface area contributed by atoms with E-state index in [2.05, 4.69) is 0 Å². The molecule has 1 aliphatic heterocycles.